The molecule has 244 valence electrons. The van der Waals surface area contributed by atoms with Crippen molar-refractivity contribution in [1.82, 2.24) is 10.2 Å². The number of para-hydroxylation sites is 1. The molecule has 2 bridgehead atoms. The van der Waals surface area contributed by atoms with Crippen molar-refractivity contribution in [2.45, 2.75) is 63.3 Å². The molecule has 3 aliphatic heterocycles. The van der Waals surface area contributed by atoms with Gasteiger partial charge in [0.2, 0.25) is 11.8 Å². The van der Waals surface area contributed by atoms with Crippen LogP contribution in [0.25, 0.3) is 0 Å². The maximum atomic E-state index is 14.6. The predicted octanol–water partition coefficient (Wildman–Crippen LogP) is 3.56. The highest BCUT2D eigenvalue weighted by Crippen LogP contribution is 2.58. The number of amides is 3. The number of likely N-dealkylation sites (tertiary alicyclic amines) is 1. The number of nitrogens with zero attached hydrogens (tertiary/aromatic N) is 2. The molecule has 46 heavy (non-hydrogen) atoms. The second-order valence-electron chi connectivity index (χ2n) is 12.3. The number of carbonyl (C=O) groups excluding carboxylic acids is 4. The largest absolute Gasteiger partial charge is 0.463 e. The second-order valence-corrected chi connectivity index (χ2v) is 12.3. The van der Waals surface area contributed by atoms with Crippen LogP contribution in [0.2, 0.25) is 0 Å². The summed E-state index contributed by atoms with van der Waals surface area (Å²) in [6.45, 7) is 11.1. The van der Waals surface area contributed by atoms with E-state index in [0.29, 0.717) is 19.3 Å². The molecule has 0 aromatic heterocycles. The topological polar surface area (TPSA) is 125 Å². The van der Waals surface area contributed by atoms with Gasteiger partial charge in [-0.1, -0.05) is 60.7 Å². The van der Waals surface area contributed by atoms with E-state index in [0.717, 1.165) is 22.4 Å². The van der Waals surface area contributed by atoms with E-state index in [1.165, 1.54) is 4.90 Å². The molecule has 3 amide bonds. The average Bonchev–Trinajstić information content (AvgIpc) is 3.69. The maximum absolute atomic E-state index is 14.6. The summed E-state index contributed by atoms with van der Waals surface area (Å²) < 4.78 is 12.1. The summed E-state index contributed by atoms with van der Waals surface area (Å²) in [6.07, 6.45) is 4.29. The molecule has 2 N–H and O–H groups in total. The van der Waals surface area contributed by atoms with E-state index in [1.54, 1.807) is 17.1 Å². The standard InChI is InChI=1S/C36H43N3O7/c1-5-7-16-28(41)45-22-26(25-14-9-8-10-15-25)37-33(42)29-27-17-18-36(46-27)30(29)34(43)39(20-21-40)32(36)35(44)38(19-6-2)31-23(3)12-11-13-24(31)4/h5-6,8-15,26-27,29-30,32,40H,1-2,7,16-22H2,3-4H3,(H,37,42)/t26-,27+,29-,30-,32+,36-/m0/s1. The molecule has 2 aromatic carbocycles. The van der Waals surface area contributed by atoms with Gasteiger partial charge in [0.1, 0.15) is 18.2 Å². The number of aryl methyl sites for hydroxylation is 2. The Morgan fingerprint density at radius 2 is 1.85 bits per heavy atom. The Kier molecular flexibility index (Phi) is 10.1. The highest BCUT2D eigenvalue weighted by atomic mass is 16.5. The van der Waals surface area contributed by atoms with E-state index in [2.05, 4.69) is 18.5 Å². The average molecular weight is 630 g/mol. The van der Waals surface area contributed by atoms with Crippen molar-refractivity contribution >= 4 is 29.4 Å². The van der Waals surface area contributed by atoms with Gasteiger partial charge in [-0.3, -0.25) is 19.2 Å². The van der Waals surface area contributed by atoms with Crippen molar-refractivity contribution in [2.75, 3.05) is 31.2 Å². The van der Waals surface area contributed by atoms with Crippen molar-refractivity contribution in [3.05, 3.63) is 90.5 Å². The third-order valence-electron chi connectivity index (χ3n) is 9.45. The Bertz CT molecular complexity index is 1470. The lowest BCUT2D eigenvalue weighted by Gasteiger charge is -2.37. The minimum Gasteiger partial charge on any atom is -0.463 e. The smallest absolute Gasteiger partial charge is 0.306 e. The molecule has 6 atom stereocenters. The molecular weight excluding hydrogens is 586 g/mol. The first-order chi connectivity index (χ1) is 22.2. The highest BCUT2D eigenvalue weighted by molar-refractivity contribution is 6.05. The van der Waals surface area contributed by atoms with E-state index < -0.39 is 47.5 Å². The number of hydrogen-bond donors (Lipinski definition) is 2. The molecule has 10 heteroatoms. The lowest BCUT2D eigenvalue weighted by atomic mass is 9.70. The summed E-state index contributed by atoms with van der Waals surface area (Å²) in [5.41, 5.74) is 2.04. The number of esters is 1. The molecule has 0 unspecified atom stereocenters. The van der Waals surface area contributed by atoms with Crippen LogP contribution in [0, 0.1) is 25.7 Å². The second kappa shape index (κ2) is 14.0. The number of anilines is 1. The number of benzene rings is 2. The Morgan fingerprint density at radius 1 is 1.13 bits per heavy atom. The van der Waals surface area contributed by atoms with Gasteiger partial charge in [0.05, 0.1) is 30.6 Å². The van der Waals surface area contributed by atoms with Gasteiger partial charge in [0.15, 0.2) is 0 Å². The number of β-amino-alcohol motifs (C(OH)–C–C–N with tert-alkyl or cyclic N) is 1. The first kappa shape index (κ1) is 33.1. The highest BCUT2D eigenvalue weighted by Gasteiger charge is 2.74. The summed E-state index contributed by atoms with van der Waals surface area (Å²) >= 11 is 0. The molecule has 0 radical (unpaired) electrons. The van der Waals surface area contributed by atoms with E-state index in [1.807, 2.05) is 62.4 Å². The quantitative estimate of drug-likeness (QED) is 0.242. The van der Waals surface area contributed by atoms with Crippen LogP contribution in [0.4, 0.5) is 5.69 Å². The zero-order valence-corrected chi connectivity index (χ0v) is 26.5. The molecule has 0 aliphatic carbocycles. The zero-order valence-electron chi connectivity index (χ0n) is 26.5. The molecule has 0 saturated carbocycles. The van der Waals surface area contributed by atoms with Gasteiger partial charge in [-0.05, 0) is 49.8 Å². The van der Waals surface area contributed by atoms with Crippen LogP contribution < -0.4 is 10.2 Å². The summed E-state index contributed by atoms with van der Waals surface area (Å²) in [5, 5.41) is 13.0. The van der Waals surface area contributed by atoms with Gasteiger partial charge in [0, 0.05) is 25.2 Å². The molecule has 10 nitrogen and oxygen atoms in total. The van der Waals surface area contributed by atoms with Crippen molar-refractivity contribution in [3.8, 4) is 0 Å². The molecule has 2 aromatic rings. The first-order valence-corrected chi connectivity index (χ1v) is 15.9. The van der Waals surface area contributed by atoms with Crippen molar-refractivity contribution in [1.29, 1.82) is 0 Å². The molecule has 1 spiro atoms. The summed E-state index contributed by atoms with van der Waals surface area (Å²) in [6, 6.07) is 13.3. The maximum Gasteiger partial charge on any atom is 0.306 e. The number of aliphatic hydroxyl groups is 1. The number of ether oxygens (including phenoxy) is 2. The first-order valence-electron chi connectivity index (χ1n) is 15.9. The van der Waals surface area contributed by atoms with E-state index >= 15 is 0 Å². The Labute approximate surface area is 270 Å². The van der Waals surface area contributed by atoms with E-state index in [9.17, 15) is 24.3 Å². The van der Waals surface area contributed by atoms with Crippen LogP contribution in [0.5, 0.6) is 0 Å². The lowest BCUT2D eigenvalue weighted by Crippen LogP contribution is -2.57. The number of fused-ring (bicyclic) bond motifs is 1. The van der Waals surface area contributed by atoms with Crippen molar-refractivity contribution in [3.63, 3.8) is 0 Å². The van der Waals surface area contributed by atoms with Gasteiger partial charge in [-0.2, -0.15) is 0 Å². The van der Waals surface area contributed by atoms with Gasteiger partial charge in [-0.25, -0.2) is 0 Å². The van der Waals surface area contributed by atoms with Crippen molar-refractivity contribution in [2.24, 2.45) is 11.8 Å². The minimum absolute atomic E-state index is 0.0716. The minimum atomic E-state index is -1.23. The van der Waals surface area contributed by atoms with Crippen LogP contribution >= 0.6 is 0 Å². The summed E-state index contributed by atoms with van der Waals surface area (Å²) in [7, 11) is 0. The Hall–Kier alpha value is -4.28. The Balaban J connectivity index is 1.45. The van der Waals surface area contributed by atoms with Crippen LogP contribution in [0.1, 0.15) is 48.4 Å². The monoisotopic (exact) mass is 629 g/mol. The molecule has 3 aliphatic rings. The molecule has 3 fully saturated rings. The molecular formula is C36H43N3O7. The van der Waals surface area contributed by atoms with Crippen LogP contribution in [-0.2, 0) is 28.7 Å². The number of carbonyl (C=O) groups is 4. The van der Waals surface area contributed by atoms with Crippen molar-refractivity contribution < 1.29 is 33.8 Å². The number of aliphatic hydroxyl groups excluding tert-OH is 1. The summed E-state index contributed by atoms with van der Waals surface area (Å²) in [4.78, 5) is 58.3. The lowest BCUT2D eigenvalue weighted by molar-refractivity contribution is -0.146. The van der Waals surface area contributed by atoms with Crippen LogP contribution in [0.15, 0.2) is 73.8 Å². The number of nitrogens with one attached hydrogen (secondary N) is 1. The predicted molar refractivity (Wildman–Crippen MR) is 173 cm³/mol. The molecule has 5 rings (SSSR count). The zero-order chi connectivity index (χ0) is 33.0. The fourth-order valence-corrected chi connectivity index (χ4v) is 7.52. The van der Waals surface area contributed by atoms with Gasteiger partial charge < -0.3 is 29.7 Å². The van der Waals surface area contributed by atoms with Gasteiger partial charge in [0.25, 0.3) is 5.91 Å². The SMILES string of the molecule is C=CCCC(=O)OC[C@H](NC(=O)[C@@H]1[C@H]2C(=O)N(CCO)[C@H](C(=O)N(CC=C)c3c(C)cccc3C)[C@]23CC[C@H]1O3)c1ccccc1. The van der Waals surface area contributed by atoms with E-state index in [-0.39, 0.29) is 44.5 Å². The fourth-order valence-electron chi connectivity index (χ4n) is 7.52. The number of allylic oxidation sites excluding steroid dienone is 1. The number of rotatable bonds is 14. The fraction of sp³-hybridized carbons (Fsp3) is 0.444. The van der Waals surface area contributed by atoms with E-state index in [4.69, 9.17) is 9.47 Å². The molecule has 3 saturated heterocycles. The molecule has 3 heterocycles. The normalized spacial score (nSPS) is 25.1. The van der Waals surface area contributed by atoms with Crippen LogP contribution in [0.3, 0.4) is 0 Å². The third-order valence-corrected chi connectivity index (χ3v) is 9.45. The van der Waals surface area contributed by atoms with Gasteiger partial charge in [-0.15, -0.1) is 13.2 Å². The van der Waals surface area contributed by atoms with Gasteiger partial charge >= 0.3 is 5.97 Å². The Morgan fingerprint density at radius 3 is 2.50 bits per heavy atom. The summed E-state index contributed by atoms with van der Waals surface area (Å²) in [5.74, 6) is -3.32. The number of hydrogen-bond acceptors (Lipinski definition) is 7. The third kappa shape index (κ3) is 5.99. The van der Waals surface area contributed by atoms with Crippen LogP contribution in [-0.4, -0.2) is 77.7 Å².